The van der Waals surface area contributed by atoms with E-state index in [4.69, 9.17) is 11.6 Å². The van der Waals surface area contributed by atoms with Crippen LogP contribution >= 0.6 is 11.6 Å². The summed E-state index contributed by atoms with van der Waals surface area (Å²) in [5, 5.41) is 6.70. The minimum Gasteiger partial charge on any atom is -0.355 e. The minimum atomic E-state index is -0.537. The maximum Gasteiger partial charge on any atom is 0.230 e. The summed E-state index contributed by atoms with van der Waals surface area (Å²) in [6.07, 6.45) is 0.930. The van der Waals surface area contributed by atoms with Crippen LogP contribution in [0, 0.1) is 0 Å². The molecule has 1 aromatic rings. The van der Waals surface area contributed by atoms with Crippen LogP contribution in [0.2, 0.25) is 5.02 Å². The van der Waals surface area contributed by atoms with Crippen molar-refractivity contribution >= 4 is 17.5 Å². The smallest absolute Gasteiger partial charge is 0.230 e. The molecule has 3 nitrogen and oxygen atoms in total. The first-order valence-corrected chi connectivity index (χ1v) is 6.55. The number of benzene rings is 1. The maximum absolute atomic E-state index is 12.1. The molecule has 0 aromatic heterocycles. The molecule has 0 spiro atoms. The lowest BCUT2D eigenvalue weighted by molar-refractivity contribution is -0.125. The fourth-order valence-electron chi connectivity index (χ4n) is 1.69. The number of hydrogen-bond acceptors (Lipinski definition) is 2. The molecule has 4 heteroatoms. The largest absolute Gasteiger partial charge is 0.355 e. The van der Waals surface area contributed by atoms with Gasteiger partial charge < -0.3 is 10.6 Å². The van der Waals surface area contributed by atoms with Crippen molar-refractivity contribution in [3.63, 3.8) is 0 Å². The summed E-state index contributed by atoms with van der Waals surface area (Å²) < 4.78 is 0. The van der Waals surface area contributed by atoms with Gasteiger partial charge in [-0.3, -0.25) is 4.79 Å². The molecule has 100 valence electrons. The van der Waals surface area contributed by atoms with E-state index in [-0.39, 0.29) is 5.91 Å². The average Bonchev–Trinajstić information content (AvgIpc) is 2.35. The summed E-state index contributed by atoms with van der Waals surface area (Å²) in [5.41, 5.74) is 0.433. The fraction of sp³-hybridized carbons (Fsp3) is 0.500. The highest BCUT2D eigenvalue weighted by Crippen LogP contribution is 2.24. The topological polar surface area (TPSA) is 41.1 Å². The third-order valence-electron chi connectivity index (χ3n) is 3.02. The second kappa shape index (κ2) is 6.76. The van der Waals surface area contributed by atoms with Gasteiger partial charge in [0, 0.05) is 11.6 Å². The van der Waals surface area contributed by atoms with Crippen LogP contribution in [-0.4, -0.2) is 26.0 Å². The molecular formula is C14H21ClN2O. The number of amides is 1. The summed E-state index contributed by atoms with van der Waals surface area (Å²) in [6, 6.07) is 7.42. The van der Waals surface area contributed by atoms with E-state index in [2.05, 4.69) is 10.6 Å². The second-order valence-electron chi connectivity index (χ2n) is 4.84. The normalized spacial score (nSPS) is 11.3. The Hall–Kier alpha value is -1.06. The quantitative estimate of drug-likeness (QED) is 0.778. The lowest BCUT2D eigenvalue weighted by Gasteiger charge is -2.24. The summed E-state index contributed by atoms with van der Waals surface area (Å²) >= 11 is 5.85. The Morgan fingerprint density at radius 1 is 1.22 bits per heavy atom. The van der Waals surface area contributed by atoms with E-state index in [1.54, 1.807) is 0 Å². The molecule has 0 saturated carbocycles. The van der Waals surface area contributed by atoms with E-state index < -0.39 is 5.41 Å². The predicted molar refractivity (Wildman–Crippen MR) is 76.0 cm³/mol. The Kier molecular flexibility index (Phi) is 5.63. The van der Waals surface area contributed by atoms with E-state index in [9.17, 15) is 4.79 Å². The van der Waals surface area contributed by atoms with Gasteiger partial charge >= 0.3 is 0 Å². The maximum atomic E-state index is 12.1. The first-order chi connectivity index (χ1) is 8.48. The Morgan fingerprint density at radius 2 is 1.83 bits per heavy atom. The van der Waals surface area contributed by atoms with Gasteiger partial charge in [0.15, 0.2) is 0 Å². The molecule has 1 rings (SSSR count). The van der Waals surface area contributed by atoms with Gasteiger partial charge in [-0.05, 0) is 51.6 Å². The number of carbonyl (C=O) groups excluding carboxylic acids is 1. The Balaban J connectivity index is 2.61. The number of rotatable bonds is 6. The Bertz CT molecular complexity index is 387. The third-order valence-corrected chi connectivity index (χ3v) is 3.27. The molecule has 0 aliphatic rings. The molecule has 1 amide bonds. The zero-order chi connectivity index (χ0) is 13.6. The summed E-state index contributed by atoms with van der Waals surface area (Å²) in [6.45, 7) is 5.44. The van der Waals surface area contributed by atoms with Gasteiger partial charge in [-0.1, -0.05) is 23.7 Å². The molecule has 0 aliphatic carbocycles. The molecule has 2 N–H and O–H groups in total. The van der Waals surface area contributed by atoms with E-state index in [0.29, 0.717) is 11.6 Å². The van der Waals surface area contributed by atoms with Crippen molar-refractivity contribution in [3.05, 3.63) is 34.9 Å². The molecule has 0 bridgehead atoms. The molecule has 0 radical (unpaired) electrons. The lowest BCUT2D eigenvalue weighted by Crippen LogP contribution is -2.40. The molecule has 0 unspecified atom stereocenters. The average molecular weight is 269 g/mol. The number of carbonyl (C=O) groups is 1. The van der Waals surface area contributed by atoms with Crippen LogP contribution in [0.25, 0.3) is 0 Å². The van der Waals surface area contributed by atoms with Gasteiger partial charge in [-0.25, -0.2) is 0 Å². The Morgan fingerprint density at radius 3 is 2.39 bits per heavy atom. The zero-order valence-corrected chi connectivity index (χ0v) is 12.0. The van der Waals surface area contributed by atoms with Crippen LogP contribution in [0.3, 0.4) is 0 Å². The number of nitrogens with one attached hydrogen (secondary N) is 2. The van der Waals surface area contributed by atoms with E-state index in [1.165, 1.54) is 0 Å². The van der Waals surface area contributed by atoms with E-state index in [0.717, 1.165) is 18.5 Å². The van der Waals surface area contributed by atoms with Crippen LogP contribution in [0.15, 0.2) is 24.3 Å². The summed E-state index contributed by atoms with van der Waals surface area (Å²) in [7, 11) is 1.90. The lowest BCUT2D eigenvalue weighted by atomic mass is 9.84. The van der Waals surface area contributed by atoms with E-state index >= 15 is 0 Å². The van der Waals surface area contributed by atoms with Crippen LogP contribution in [0.4, 0.5) is 0 Å². The van der Waals surface area contributed by atoms with Gasteiger partial charge in [0.05, 0.1) is 5.41 Å². The van der Waals surface area contributed by atoms with Crippen LogP contribution in [0.1, 0.15) is 25.8 Å². The van der Waals surface area contributed by atoms with Crippen molar-refractivity contribution in [3.8, 4) is 0 Å². The highest BCUT2D eigenvalue weighted by molar-refractivity contribution is 6.30. The van der Waals surface area contributed by atoms with Crippen LogP contribution in [0.5, 0.6) is 0 Å². The van der Waals surface area contributed by atoms with Crippen molar-refractivity contribution in [2.75, 3.05) is 20.1 Å². The zero-order valence-electron chi connectivity index (χ0n) is 11.2. The minimum absolute atomic E-state index is 0.0425. The first kappa shape index (κ1) is 15.0. The molecule has 18 heavy (non-hydrogen) atoms. The summed E-state index contributed by atoms with van der Waals surface area (Å²) in [5.74, 6) is 0.0425. The number of hydrogen-bond donors (Lipinski definition) is 2. The molecule has 0 fully saturated rings. The van der Waals surface area contributed by atoms with Gasteiger partial charge in [0.1, 0.15) is 0 Å². The highest BCUT2D eigenvalue weighted by Gasteiger charge is 2.29. The predicted octanol–water partition coefficient (Wildman–Crippen LogP) is 2.34. The third kappa shape index (κ3) is 4.00. The highest BCUT2D eigenvalue weighted by atomic mass is 35.5. The number of halogens is 1. The molecule has 1 aromatic carbocycles. The first-order valence-electron chi connectivity index (χ1n) is 6.17. The monoisotopic (exact) mass is 268 g/mol. The molecular weight excluding hydrogens is 248 g/mol. The van der Waals surface area contributed by atoms with Crippen molar-refractivity contribution in [2.45, 2.75) is 25.7 Å². The van der Waals surface area contributed by atoms with Crippen molar-refractivity contribution < 1.29 is 4.79 Å². The molecule has 0 saturated heterocycles. The SMILES string of the molecule is CNCCCNC(=O)C(C)(C)c1ccc(Cl)cc1. The standard InChI is InChI=1S/C14H21ClN2O/c1-14(2,11-5-7-12(15)8-6-11)13(18)17-10-4-9-16-3/h5-8,16H,4,9-10H2,1-3H3,(H,17,18). The summed E-state index contributed by atoms with van der Waals surface area (Å²) in [4.78, 5) is 12.1. The van der Waals surface area contributed by atoms with Crippen molar-refractivity contribution in [1.82, 2.24) is 10.6 Å². The van der Waals surface area contributed by atoms with Crippen LogP contribution in [-0.2, 0) is 10.2 Å². The van der Waals surface area contributed by atoms with E-state index in [1.807, 2.05) is 45.2 Å². The van der Waals surface area contributed by atoms with Gasteiger partial charge in [-0.2, -0.15) is 0 Å². The van der Waals surface area contributed by atoms with Gasteiger partial charge in [0.2, 0.25) is 5.91 Å². The van der Waals surface area contributed by atoms with Gasteiger partial charge in [0.25, 0.3) is 0 Å². The van der Waals surface area contributed by atoms with Crippen molar-refractivity contribution in [2.24, 2.45) is 0 Å². The molecule has 0 aliphatic heterocycles. The van der Waals surface area contributed by atoms with Crippen LogP contribution < -0.4 is 10.6 Å². The van der Waals surface area contributed by atoms with Gasteiger partial charge in [-0.15, -0.1) is 0 Å². The fourth-order valence-corrected chi connectivity index (χ4v) is 1.81. The molecule has 0 atom stereocenters. The van der Waals surface area contributed by atoms with Crippen molar-refractivity contribution in [1.29, 1.82) is 0 Å². The molecule has 0 heterocycles. The second-order valence-corrected chi connectivity index (χ2v) is 5.28. The Labute approximate surface area is 114 Å².